The molecule has 0 fully saturated rings. The van der Waals surface area contributed by atoms with Gasteiger partial charge in [0.15, 0.2) is 0 Å². The lowest BCUT2D eigenvalue weighted by molar-refractivity contribution is 0.984. The molecular weight excluding hydrogens is 150 g/mol. The van der Waals surface area contributed by atoms with Gasteiger partial charge in [0.1, 0.15) is 17.7 Å². The van der Waals surface area contributed by atoms with Crippen LogP contribution in [-0.2, 0) is 0 Å². The molecule has 1 N–H and O–H groups in total. The van der Waals surface area contributed by atoms with Crippen LogP contribution in [0.3, 0.4) is 0 Å². The van der Waals surface area contributed by atoms with Crippen molar-refractivity contribution in [1.29, 1.82) is 10.5 Å². The van der Waals surface area contributed by atoms with Crippen LogP contribution < -0.4 is 5.32 Å². The van der Waals surface area contributed by atoms with Crippen LogP contribution in [0.15, 0.2) is 11.3 Å². The van der Waals surface area contributed by atoms with Gasteiger partial charge in [-0.25, -0.2) is 0 Å². The number of hydrogen-bond donors (Lipinski definition) is 1. The average Bonchev–Trinajstić information content (AvgIpc) is 2.00. The quantitative estimate of drug-likeness (QED) is 0.473. The van der Waals surface area contributed by atoms with Crippen LogP contribution in [0.2, 0.25) is 0 Å². The first kappa shape index (κ1) is 8.81. The number of nitrogens with zero attached hydrogens (tertiary/aromatic N) is 2. The first-order chi connectivity index (χ1) is 4.79. The van der Waals surface area contributed by atoms with Crippen molar-refractivity contribution in [3.63, 3.8) is 0 Å². The van der Waals surface area contributed by atoms with Crippen molar-refractivity contribution in [1.82, 2.24) is 5.32 Å². The maximum atomic E-state index is 8.33. The lowest BCUT2D eigenvalue weighted by atomic mass is 10.2. The van der Waals surface area contributed by atoms with E-state index in [9.17, 15) is 0 Å². The maximum absolute atomic E-state index is 8.33. The number of halogens is 1. The summed E-state index contributed by atoms with van der Waals surface area (Å²) in [6.07, 6.45) is 0. The van der Waals surface area contributed by atoms with E-state index >= 15 is 0 Å². The van der Waals surface area contributed by atoms with Gasteiger partial charge in [0.2, 0.25) is 0 Å². The van der Waals surface area contributed by atoms with Crippen molar-refractivity contribution in [2.75, 3.05) is 12.9 Å². The summed E-state index contributed by atoms with van der Waals surface area (Å²) in [5.41, 5.74) is 0.504. The zero-order valence-corrected chi connectivity index (χ0v) is 6.24. The molecule has 0 heterocycles. The first-order valence-electron chi connectivity index (χ1n) is 2.57. The molecular formula is C6H6ClN3. The highest BCUT2D eigenvalue weighted by atomic mass is 35.5. The second kappa shape index (κ2) is 4.67. The van der Waals surface area contributed by atoms with Gasteiger partial charge in [0.25, 0.3) is 0 Å². The predicted octanol–water partition coefficient (Wildman–Crippen LogP) is 0.746. The van der Waals surface area contributed by atoms with E-state index in [0.29, 0.717) is 5.70 Å². The molecule has 0 saturated carbocycles. The molecule has 52 valence electrons. The fourth-order valence-corrected chi connectivity index (χ4v) is 0.686. The molecule has 0 amide bonds. The Morgan fingerprint density at radius 2 is 2.00 bits per heavy atom. The minimum Gasteiger partial charge on any atom is -0.389 e. The van der Waals surface area contributed by atoms with Gasteiger partial charge >= 0.3 is 0 Å². The molecule has 0 atom stereocenters. The fourth-order valence-electron chi connectivity index (χ4n) is 0.419. The van der Waals surface area contributed by atoms with Gasteiger partial charge in [-0.15, -0.1) is 11.6 Å². The third-order valence-corrected chi connectivity index (χ3v) is 1.23. The largest absolute Gasteiger partial charge is 0.389 e. The van der Waals surface area contributed by atoms with Crippen molar-refractivity contribution in [3.05, 3.63) is 11.3 Å². The van der Waals surface area contributed by atoms with Gasteiger partial charge in [0.05, 0.1) is 11.6 Å². The summed E-state index contributed by atoms with van der Waals surface area (Å²) in [6.45, 7) is 0. The third-order valence-electron chi connectivity index (χ3n) is 0.961. The number of nitrogens with one attached hydrogen (secondary N) is 1. The molecule has 0 saturated heterocycles. The molecule has 0 aliphatic heterocycles. The van der Waals surface area contributed by atoms with Crippen LogP contribution in [0, 0.1) is 22.7 Å². The summed E-state index contributed by atoms with van der Waals surface area (Å²) in [6, 6.07) is 3.45. The van der Waals surface area contributed by atoms with Gasteiger partial charge in [-0.05, 0) is 0 Å². The van der Waals surface area contributed by atoms with Crippen LogP contribution in [-0.4, -0.2) is 12.9 Å². The highest BCUT2D eigenvalue weighted by Gasteiger charge is 2.00. The van der Waals surface area contributed by atoms with Crippen LogP contribution in [0.1, 0.15) is 0 Å². The summed E-state index contributed by atoms with van der Waals surface area (Å²) in [5.74, 6) is 0.160. The van der Waals surface area contributed by atoms with Gasteiger partial charge in [-0.1, -0.05) is 0 Å². The normalized spacial score (nSPS) is 7.20. The lowest BCUT2D eigenvalue weighted by Gasteiger charge is -1.98. The van der Waals surface area contributed by atoms with Crippen molar-refractivity contribution < 1.29 is 0 Å². The molecule has 3 nitrogen and oxygen atoms in total. The summed E-state index contributed by atoms with van der Waals surface area (Å²) < 4.78 is 0. The Labute approximate surface area is 64.5 Å². The first-order valence-corrected chi connectivity index (χ1v) is 3.10. The molecule has 10 heavy (non-hydrogen) atoms. The average molecular weight is 156 g/mol. The summed E-state index contributed by atoms with van der Waals surface area (Å²) in [4.78, 5) is 0. The number of alkyl halides is 1. The molecule has 0 aromatic carbocycles. The molecule has 0 aliphatic carbocycles. The number of hydrogen-bond acceptors (Lipinski definition) is 3. The molecule has 0 unspecified atom stereocenters. The van der Waals surface area contributed by atoms with Crippen molar-refractivity contribution >= 4 is 11.6 Å². The van der Waals surface area contributed by atoms with E-state index < -0.39 is 0 Å². The second-order valence-electron chi connectivity index (χ2n) is 1.46. The van der Waals surface area contributed by atoms with Crippen LogP contribution in [0.5, 0.6) is 0 Å². The Morgan fingerprint density at radius 3 is 2.10 bits per heavy atom. The Balaban J connectivity index is 4.62. The molecule has 0 aromatic rings. The minimum absolute atomic E-state index is 0.0394. The Kier molecular flexibility index (Phi) is 4.11. The van der Waals surface area contributed by atoms with E-state index in [1.807, 2.05) is 0 Å². The van der Waals surface area contributed by atoms with E-state index in [1.54, 1.807) is 19.2 Å². The van der Waals surface area contributed by atoms with E-state index in [1.165, 1.54) is 0 Å². The molecule has 0 aromatic heterocycles. The van der Waals surface area contributed by atoms with Gasteiger partial charge < -0.3 is 5.32 Å². The molecule has 0 spiro atoms. The Hall–Kier alpha value is -1.19. The number of rotatable bonds is 2. The fraction of sp³-hybridized carbons (Fsp3) is 0.333. The van der Waals surface area contributed by atoms with Gasteiger partial charge in [-0.3, -0.25) is 0 Å². The minimum atomic E-state index is 0.0394. The zero-order chi connectivity index (χ0) is 7.98. The summed E-state index contributed by atoms with van der Waals surface area (Å²) in [7, 11) is 1.62. The number of nitriles is 2. The maximum Gasteiger partial charge on any atom is 0.149 e. The SMILES string of the molecule is CNC(CCl)=C(C#N)C#N. The molecule has 0 aliphatic rings. The molecule has 0 radical (unpaired) electrons. The monoisotopic (exact) mass is 155 g/mol. The predicted molar refractivity (Wildman–Crippen MR) is 38.0 cm³/mol. The highest BCUT2D eigenvalue weighted by Crippen LogP contribution is 1.99. The Morgan fingerprint density at radius 1 is 1.50 bits per heavy atom. The molecule has 0 rings (SSSR count). The van der Waals surface area contributed by atoms with Crippen molar-refractivity contribution in [3.8, 4) is 12.1 Å². The van der Waals surface area contributed by atoms with Crippen LogP contribution in [0.25, 0.3) is 0 Å². The molecule has 0 bridgehead atoms. The van der Waals surface area contributed by atoms with Crippen molar-refractivity contribution in [2.45, 2.75) is 0 Å². The third kappa shape index (κ3) is 1.97. The zero-order valence-electron chi connectivity index (χ0n) is 5.48. The second-order valence-corrected chi connectivity index (χ2v) is 1.73. The Bertz CT molecular complexity index is 196. The van der Waals surface area contributed by atoms with E-state index in [4.69, 9.17) is 22.1 Å². The van der Waals surface area contributed by atoms with E-state index in [0.717, 1.165) is 0 Å². The lowest BCUT2D eigenvalue weighted by Crippen LogP contribution is -2.09. The standard InChI is InChI=1S/C6H6ClN3/c1-10-6(2-7)5(3-8)4-9/h10H,2H2,1H3. The van der Waals surface area contributed by atoms with Crippen molar-refractivity contribution in [2.24, 2.45) is 0 Å². The van der Waals surface area contributed by atoms with E-state index in [-0.39, 0.29) is 11.5 Å². The summed E-state index contributed by atoms with van der Waals surface area (Å²) >= 11 is 5.40. The van der Waals surface area contributed by atoms with E-state index in [2.05, 4.69) is 5.32 Å². The van der Waals surface area contributed by atoms with Crippen LogP contribution >= 0.6 is 11.6 Å². The molecule has 4 heteroatoms. The van der Waals surface area contributed by atoms with Gasteiger partial charge in [-0.2, -0.15) is 10.5 Å². The highest BCUT2D eigenvalue weighted by molar-refractivity contribution is 6.19. The van der Waals surface area contributed by atoms with Crippen LogP contribution in [0.4, 0.5) is 0 Å². The topological polar surface area (TPSA) is 59.6 Å². The number of allylic oxidation sites excluding steroid dienone is 2. The summed E-state index contributed by atoms with van der Waals surface area (Å²) in [5, 5.41) is 19.3. The smallest absolute Gasteiger partial charge is 0.149 e. The van der Waals surface area contributed by atoms with Gasteiger partial charge in [0, 0.05) is 7.05 Å².